The summed E-state index contributed by atoms with van der Waals surface area (Å²) in [5.74, 6) is 0.171. The zero-order valence-corrected chi connectivity index (χ0v) is 13.2. The van der Waals surface area contributed by atoms with Gasteiger partial charge in [0.2, 0.25) is 0 Å². The summed E-state index contributed by atoms with van der Waals surface area (Å²) in [4.78, 5) is 21.2. The summed E-state index contributed by atoms with van der Waals surface area (Å²) >= 11 is 3.21. The van der Waals surface area contributed by atoms with Crippen LogP contribution < -0.4 is 0 Å². The Bertz CT molecular complexity index is 581. The first-order valence-electron chi connectivity index (χ1n) is 7.06. The van der Waals surface area contributed by atoms with Crippen LogP contribution in [0.5, 0.6) is 0 Å². The number of rotatable bonds is 2. The van der Waals surface area contributed by atoms with Crippen LogP contribution >= 0.6 is 22.7 Å². The highest BCUT2D eigenvalue weighted by Gasteiger charge is 2.22. The van der Waals surface area contributed by atoms with Crippen molar-refractivity contribution in [3.05, 3.63) is 28.1 Å². The van der Waals surface area contributed by atoms with Gasteiger partial charge in [-0.2, -0.15) is 0 Å². The van der Waals surface area contributed by atoms with Crippen LogP contribution in [0.1, 0.15) is 41.0 Å². The molecule has 1 aliphatic rings. The number of hydrogen-bond acceptors (Lipinski definition) is 4. The topological polar surface area (TPSA) is 33.2 Å². The summed E-state index contributed by atoms with van der Waals surface area (Å²) in [7, 11) is 0. The van der Waals surface area contributed by atoms with Crippen molar-refractivity contribution in [2.45, 2.75) is 32.6 Å². The zero-order valence-electron chi connectivity index (χ0n) is 11.6. The molecule has 0 spiro atoms. The Morgan fingerprint density at radius 3 is 2.65 bits per heavy atom. The van der Waals surface area contributed by atoms with Gasteiger partial charge in [0, 0.05) is 13.1 Å². The molecule has 1 saturated heterocycles. The minimum absolute atomic E-state index is 0.171. The molecule has 3 nitrogen and oxygen atoms in total. The number of amides is 1. The van der Waals surface area contributed by atoms with Crippen LogP contribution in [0.3, 0.4) is 0 Å². The van der Waals surface area contributed by atoms with E-state index in [4.69, 9.17) is 0 Å². The molecule has 0 atom stereocenters. The molecule has 0 radical (unpaired) electrons. The van der Waals surface area contributed by atoms with Gasteiger partial charge in [0.05, 0.1) is 10.6 Å². The number of aromatic nitrogens is 1. The van der Waals surface area contributed by atoms with Gasteiger partial charge in [-0.15, -0.1) is 22.7 Å². The van der Waals surface area contributed by atoms with E-state index in [9.17, 15) is 4.79 Å². The van der Waals surface area contributed by atoms with E-state index in [1.165, 1.54) is 24.2 Å². The van der Waals surface area contributed by atoms with Gasteiger partial charge < -0.3 is 4.90 Å². The molecule has 3 rings (SSSR count). The summed E-state index contributed by atoms with van der Waals surface area (Å²) in [5.41, 5.74) is 0.868. The molecule has 0 aromatic carbocycles. The molecule has 1 fully saturated rings. The van der Waals surface area contributed by atoms with Crippen molar-refractivity contribution in [2.75, 3.05) is 13.1 Å². The average molecular weight is 306 g/mol. The molecule has 1 aliphatic heterocycles. The van der Waals surface area contributed by atoms with Crippen molar-refractivity contribution in [1.29, 1.82) is 0 Å². The molecule has 2 aromatic rings. The summed E-state index contributed by atoms with van der Waals surface area (Å²) in [6.45, 7) is 3.73. The largest absolute Gasteiger partial charge is 0.338 e. The third kappa shape index (κ3) is 2.79. The first-order chi connectivity index (χ1) is 9.75. The molecular formula is C15H18N2OS2. The lowest BCUT2D eigenvalue weighted by Gasteiger charge is -2.19. The van der Waals surface area contributed by atoms with Crippen LogP contribution in [-0.4, -0.2) is 28.9 Å². The standard InChI is InChI=1S/C15H18N2OS2/c1-11-13(15(18)17-8-4-2-3-5-9-17)20-14(16-11)12-7-6-10-19-12/h6-7,10H,2-5,8-9H2,1H3. The van der Waals surface area contributed by atoms with Crippen molar-refractivity contribution in [2.24, 2.45) is 0 Å². The summed E-state index contributed by atoms with van der Waals surface area (Å²) in [5, 5.41) is 3.01. The number of nitrogens with zero attached hydrogens (tertiary/aromatic N) is 2. The van der Waals surface area contributed by atoms with Gasteiger partial charge in [-0.05, 0) is 31.2 Å². The predicted molar refractivity (Wildman–Crippen MR) is 84.5 cm³/mol. The summed E-state index contributed by atoms with van der Waals surface area (Å²) < 4.78 is 0. The summed E-state index contributed by atoms with van der Waals surface area (Å²) in [6, 6.07) is 4.08. The van der Waals surface area contributed by atoms with Crippen molar-refractivity contribution < 1.29 is 4.79 Å². The number of likely N-dealkylation sites (tertiary alicyclic amines) is 1. The number of hydrogen-bond donors (Lipinski definition) is 0. The molecule has 1 amide bonds. The third-order valence-corrected chi connectivity index (χ3v) is 5.80. The number of carbonyl (C=O) groups excluding carboxylic acids is 1. The van der Waals surface area contributed by atoms with Crippen LogP contribution in [0.2, 0.25) is 0 Å². The quantitative estimate of drug-likeness (QED) is 0.833. The van der Waals surface area contributed by atoms with Crippen LogP contribution in [-0.2, 0) is 0 Å². The van der Waals surface area contributed by atoms with Crippen molar-refractivity contribution in [1.82, 2.24) is 9.88 Å². The van der Waals surface area contributed by atoms with Crippen molar-refractivity contribution in [3.63, 3.8) is 0 Å². The Morgan fingerprint density at radius 1 is 1.25 bits per heavy atom. The zero-order chi connectivity index (χ0) is 13.9. The molecule has 5 heteroatoms. The predicted octanol–water partition coefficient (Wildman–Crippen LogP) is 4.20. The number of aryl methyl sites for hydroxylation is 1. The van der Waals surface area contributed by atoms with Crippen LogP contribution in [0.15, 0.2) is 17.5 Å². The van der Waals surface area contributed by atoms with E-state index in [0.29, 0.717) is 0 Å². The SMILES string of the molecule is Cc1nc(-c2cccs2)sc1C(=O)N1CCCCCC1. The number of thiazole rings is 1. The average Bonchev–Trinajstić information content (AvgIpc) is 3.01. The van der Waals surface area contributed by atoms with Gasteiger partial charge in [0.25, 0.3) is 5.91 Å². The highest BCUT2D eigenvalue weighted by atomic mass is 32.1. The lowest BCUT2D eigenvalue weighted by atomic mass is 10.2. The molecule has 106 valence electrons. The van der Waals surface area contributed by atoms with Gasteiger partial charge in [-0.25, -0.2) is 4.98 Å². The minimum Gasteiger partial charge on any atom is -0.338 e. The second kappa shape index (κ2) is 6.06. The van der Waals surface area contributed by atoms with Gasteiger partial charge in [0.1, 0.15) is 9.88 Å². The molecule has 0 aliphatic carbocycles. The second-order valence-corrected chi connectivity index (χ2v) is 7.06. The fraction of sp³-hybridized carbons (Fsp3) is 0.467. The Kier molecular flexibility index (Phi) is 4.17. The fourth-order valence-corrected chi connectivity index (χ4v) is 4.35. The molecule has 0 bridgehead atoms. The lowest BCUT2D eigenvalue weighted by Crippen LogP contribution is -2.31. The van der Waals surface area contributed by atoms with E-state index >= 15 is 0 Å². The van der Waals surface area contributed by atoms with Crippen molar-refractivity contribution in [3.8, 4) is 9.88 Å². The Labute approximate surface area is 127 Å². The Morgan fingerprint density at radius 2 is 2.00 bits per heavy atom. The maximum Gasteiger partial charge on any atom is 0.265 e. The van der Waals surface area contributed by atoms with E-state index in [0.717, 1.165) is 46.4 Å². The fourth-order valence-electron chi connectivity index (χ4n) is 2.52. The lowest BCUT2D eigenvalue weighted by molar-refractivity contribution is 0.0765. The molecule has 20 heavy (non-hydrogen) atoms. The summed E-state index contributed by atoms with van der Waals surface area (Å²) in [6.07, 6.45) is 4.74. The highest BCUT2D eigenvalue weighted by Crippen LogP contribution is 2.32. The molecule has 0 unspecified atom stereocenters. The third-order valence-electron chi connectivity index (χ3n) is 3.62. The van der Waals surface area contributed by atoms with E-state index in [1.807, 2.05) is 23.3 Å². The minimum atomic E-state index is 0.171. The molecular weight excluding hydrogens is 288 g/mol. The Hall–Kier alpha value is -1.20. The van der Waals surface area contributed by atoms with E-state index in [1.54, 1.807) is 11.3 Å². The first kappa shape index (κ1) is 13.8. The van der Waals surface area contributed by atoms with E-state index in [-0.39, 0.29) is 5.91 Å². The first-order valence-corrected chi connectivity index (χ1v) is 8.76. The van der Waals surface area contributed by atoms with Crippen LogP contribution in [0, 0.1) is 6.92 Å². The van der Waals surface area contributed by atoms with E-state index in [2.05, 4.69) is 11.1 Å². The van der Waals surface area contributed by atoms with Gasteiger partial charge >= 0.3 is 0 Å². The molecule has 3 heterocycles. The van der Waals surface area contributed by atoms with Crippen LogP contribution in [0.25, 0.3) is 9.88 Å². The highest BCUT2D eigenvalue weighted by molar-refractivity contribution is 7.22. The van der Waals surface area contributed by atoms with Gasteiger partial charge in [0.15, 0.2) is 0 Å². The van der Waals surface area contributed by atoms with Crippen molar-refractivity contribution >= 4 is 28.6 Å². The molecule has 0 saturated carbocycles. The smallest absolute Gasteiger partial charge is 0.265 e. The van der Waals surface area contributed by atoms with E-state index < -0.39 is 0 Å². The number of carbonyl (C=O) groups is 1. The molecule has 0 N–H and O–H groups in total. The van der Waals surface area contributed by atoms with Crippen LogP contribution in [0.4, 0.5) is 0 Å². The van der Waals surface area contributed by atoms with Gasteiger partial charge in [-0.3, -0.25) is 4.79 Å². The maximum absolute atomic E-state index is 12.7. The normalized spacial score (nSPS) is 16.1. The maximum atomic E-state index is 12.7. The second-order valence-electron chi connectivity index (χ2n) is 5.12. The van der Waals surface area contributed by atoms with Gasteiger partial charge in [-0.1, -0.05) is 18.9 Å². The monoisotopic (exact) mass is 306 g/mol. The Balaban J connectivity index is 1.84. The molecule has 2 aromatic heterocycles. The number of thiophene rings is 1.